The van der Waals surface area contributed by atoms with Crippen LogP contribution >= 0.6 is 12.4 Å². The van der Waals surface area contributed by atoms with Crippen molar-refractivity contribution in [3.8, 4) is 11.5 Å². The summed E-state index contributed by atoms with van der Waals surface area (Å²) in [6.07, 6.45) is 1.26. The van der Waals surface area contributed by atoms with Crippen LogP contribution in [0.1, 0.15) is 17.9 Å². The molecule has 0 N–H and O–H groups in total. The van der Waals surface area contributed by atoms with Crippen LogP contribution in [-0.4, -0.2) is 38.3 Å². The highest BCUT2D eigenvalue weighted by molar-refractivity contribution is 5.85. The molecule has 1 saturated heterocycles. The van der Waals surface area contributed by atoms with Gasteiger partial charge in [-0.25, -0.2) is 0 Å². The number of piperidine rings is 1. The summed E-state index contributed by atoms with van der Waals surface area (Å²) in [7, 11) is 3.86. The normalized spacial score (nSPS) is 21.3. The number of likely N-dealkylation sites (tertiary alicyclic amines) is 1. The fraction of sp³-hybridized carbons (Fsp3) is 0.368. The summed E-state index contributed by atoms with van der Waals surface area (Å²) in [5.74, 6) is 2.17. The maximum Gasteiger partial charge on any atom is 0.120 e. The summed E-state index contributed by atoms with van der Waals surface area (Å²) in [4.78, 5) is 2.38. The Hall–Kier alpha value is -1.71. The average Bonchev–Trinajstić information content (AvgIpc) is 2.58. The lowest BCUT2D eigenvalue weighted by atomic mass is 9.88. The molecule has 0 bridgehead atoms. The molecule has 2 aromatic rings. The van der Waals surface area contributed by atoms with Crippen molar-refractivity contribution in [3.63, 3.8) is 0 Å². The van der Waals surface area contributed by atoms with Gasteiger partial charge in [0.1, 0.15) is 17.6 Å². The number of ether oxygens (including phenoxy) is 2. The fourth-order valence-corrected chi connectivity index (χ4v) is 3.08. The van der Waals surface area contributed by atoms with Gasteiger partial charge >= 0.3 is 0 Å². The van der Waals surface area contributed by atoms with Crippen molar-refractivity contribution in [1.82, 2.24) is 4.90 Å². The third-order valence-electron chi connectivity index (χ3n) is 4.33. The van der Waals surface area contributed by atoms with Gasteiger partial charge in [0.2, 0.25) is 0 Å². The van der Waals surface area contributed by atoms with Crippen molar-refractivity contribution in [2.75, 3.05) is 27.2 Å². The molecule has 0 spiro atoms. The van der Waals surface area contributed by atoms with Gasteiger partial charge in [0.05, 0.1) is 7.11 Å². The van der Waals surface area contributed by atoms with Crippen LogP contribution < -0.4 is 9.47 Å². The van der Waals surface area contributed by atoms with Gasteiger partial charge < -0.3 is 14.4 Å². The molecule has 23 heavy (non-hydrogen) atoms. The molecule has 0 amide bonds. The predicted molar refractivity (Wildman–Crippen MR) is 96.0 cm³/mol. The molecule has 0 unspecified atom stereocenters. The Balaban J connectivity index is 0.00000192. The van der Waals surface area contributed by atoms with E-state index >= 15 is 0 Å². The second-order valence-corrected chi connectivity index (χ2v) is 5.90. The lowest BCUT2D eigenvalue weighted by Crippen LogP contribution is -2.42. The first-order chi connectivity index (χ1) is 10.8. The lowest BCUT2D eigenvalue weighted by Gasteiger charge is -2.37. The number of likely N-dealkylation sites (N-methyl/N-ethyl adjacent to an activating group) is 1. The molecule has 3 rings (SSSR count). The van der Waals surface area contributed by atoms with Crippen molar-refractivity contribution in [1.29, 1.82) is 0 Å². The first-order valence-electron chi connectivity index (χ1n) is 7.80. The van der Waals surface area contributed by atoms with E-state index in [1.807, 2.05) is 24.3 Å². The summed E-state index contributed by atoms with van der Waals surface area (Å²) in [5.41, 5.74) is 1.35. The summed E-state index contributed by atoms with van der Waals surface area (Å²) in [6.45, 7) is 2.11. The van der Waals surface area contributed by atoms with Gasteiger partial charge in [-0.2, -0.15) is 0 Å². The van der Waals surface area contributed by atoms with Crippen molar-refractivity contribution in [3.05, 3.63) is 60.2 Å². The second kappa shape index (κ2) is 8.23. The number of nitrogens with zero attached hydrogens (tertiary/aromatic N) is 1. The first kappa shape index (κ1) is 17.6. The van der Waals surface area contributed by atoms with Crippen LogP contribution in [0.4, 0.5) is 0 Å². The number of hydrogen-bond acceptors (Lipinski definition) is 3. The number of halogens is 1. The van der Waals surface area contributed by atoms with E-state index in [1.54, 1.807) is 7.11 Å². The van der Waals surface area contributed by atoms with Gasteiger partial charge in [0, 0.05) is 19.0 Å². The molecule has 4 heteroatoms. The van der Waals surface area contributed by atoms with Crippen molar-refractivity contribution >= 4 is 12.4 Å². The molecule has 124 valence electrons. The smallest absolute Gasteiger partial charge is 0.120 e. The molecule has 2 aromatic carbocycles. The minimum absolute atomic E-state index is 0. The summed E-state index contributed by atoms with van der Waals surface area (Å²) >= 11 is 0. The highest BCUT2D eigenvalue weighted by atomic mass is 35.5. The average molecular weight is 334 g/mol. The molecule has 1 heterocycles. The molecule has 0 aromatic heterocycles. The zero-order chi connectivity index (χ0) is 15.4. The molecule has 0 saturated carbocycles. The standard InChI is InChI=1S/C19H23NO2.ClH/c1-20-13-12-19(18(14-20)15-6-4-3-5-7-15)22-17-10-8-16(21-2)9-11-17;/h3-11,18-19H,12-14H2,1-2H3;1H/t18-,19+;/m1./s1. The predicted octanol–water partition coefficient (Wildman–Crippen LogP) is 3.98. The Labute approximate surface area is 144 Å². The SMILES string of the molecule is COc1ccc(O[C@H]2CCN(C)C[C@@H]2c2ccccc2)cc1.Cl. The van der Waals surface area contributed by atoms with Gasteiger partial charge in [-0.3, -0.25) is 0 Å². The zero-order valence-corrected chi connectivity index (χ0v) is 14.5. The summed E-state index contributed by atoms with van der Waals surface area (Å²) in [5, 5.41) is 0. The Morgan fingerprint density at radius 2 is 1.61 bits per heavy atom. The Kier molecular flexibility index (Phi) is 6.31. The van der Waals surface area contributed by atoms with Crippen LogP contribution in [0.3, 0.4) is 0 Å². The van der Waals surface area contributed by atoms with E-state index in [1.165, 1.54) is 5.56 Å². The minimum Gasteiger partial charge on any atom is -0.497 e. The van der Waals surface area contributed by atoms with E-state index in [0.717, 1.165) is 31.0 Å². The lowest BCUT2D eigenvalue weighted by molar-refractivity contribution is 0.0901. The summed E-state index contributed by atoms with van der Waals surface area (Å²) in [6, 6.07) is 18.5. The van der Waals surface area contributed by atoms with Crippen LogP contribution in [-0.2, 0) is 0 Å². The van der Waals surface area contributed by atoms with Crippen LogP contribution in [0.15, 0.2) is 54.6 Å². The van der Waals surface area contributed by atoms with E-state index in [0.29, 0.717) is 5.92 Å². The van der Waals surface area contributed by atoms with Crippen molar-refractivity contribution in [2.45, 2.75) is 18.4 Å². The topological polar surface area (TPSA) is 21.7 Å². The van der Waals surface area contributed by atoms with Crippen LogP contribution in [0.25, 0.3) is 0 Å². The third kappa shape index (κ3) is 4.40. The number of benzene rings is 2. The largest absolute Gasteiger partial charge is 0.497 e. The number of hydrogen-bond donors (Lipinski definition) is 0. The van der Waals surface area contributed by atoms with Crippen molar-refractivity contribution in [2.24, 2.45) is 0 Å². The Morgan fingerprint density at radius 3 is 2.26 bits per heavy atom. The second-order valence-electron chi connectivity index (χ2n) is 5.90. The van der Waals surface area contributed by atoms with Gasteiger partial charge in [-0.15, -0.1) is 12.4 Å². The molecule has 0 radical (unpaired) electrons. The quantitative estimate of drug-likeness (QED) is 0.844. The van der Waals surface area contributed by atoms with E-state index in [4.69, 9.17) is 9.47 Å². The van der Waals surface area contributed by atoms with E-state index in [9.17, 15) is 0 Å². The number of rotatable bonds is 4. The van der Waals surface area contributed by atoms with Gasteiger partial charge in [-0.1, -0.05) is 30.3 Å². The van der Waals surface area contributed by atoms with Gasteiger partial charge in [0.25, 0.3) is 0 Å². The zero-order valence-electron chi connectivity index (χ0n) is 13.6. The minimum atomic E-state index is 0. The molecular weight excluding hydrogens is 310 g/mol. The molecule has 3 nitrogen and oxygen atoms in total. The van der Waals surface area contributed by atoms with Crippen LogP contribution in [0.5, 0.6) is 11.5 Å². The highest BCUT2D eigenvalue weighted by Gasteiger charge is 2.30. The fourth-order valence-electron chi connectivity index (χ4n) is 3.08. The number of methoxy groups -OCH3 is 1. The molecule has 0 aliphatic carbocycles. The highest BCUT2D eigenvalue weighted by Crippen LogP contribution is 2.30. The maximum atomic E-state index is 6.29. The first-order valence-corrected chi connectivity index (χ1v) is 7.80. The van der Waals surface area contributed by atoms with Crippen molar-refractivity contribution < 1.29 is 9.47 Å². The van der Waals surface area contributed by atoms with Gasteiger partial charge in [-0.05, 0) is 43.3 Å². The van der Waals surface area contributed by atoms with Crippen LogP contribution in [0, 0.1) is 0 Å². The maximum absolute atomic E-state index is 6.29. The Morgan fingerprint density at radius 1 is 0.957 bits per heavy atom. The van der Waals surface area contributed by atoms with E-state index in [2.05, 4.69) is 42.3 Å². The van der Waals surface area contributed by atoms with Gasteiger partial charge in [0.15, 0.2) is 0 Å². The molecule has 2 atom stereocenters. The molecule has 1 aliphatic heterocycles. The van der Waals surface area contributed by atoms with E-state index < -0.39 is 0 Å². The summed E-state index contributed by atoms with van der Waals surface area (Å²) < 4.78 is 11.5. The third-order valence-corrected chi connectivity index (χ3v) is 4.33. The van der Waals surface area contributed by atoms with E-state index in [-0.39, 0.29) is 18.5 Å². The molecular formula is C19H24ClNO2. The molecule has 1 fully saturated rings. The monoisotopic (exact) mass is 333 g/mol. The molecule has 1 aliphatic rings. The van der Waals surface area contributed by atoms with Crippen LogP contribution in [0.2, 0.25) is 0 Å². The Bertz CT molecular complexity index is 588.